The van der Waals surface area contributed by atoms with Gasteiger partial charge in [0.1, 0.15) is 0 Å². The molecule has 0 radical (unpaired) electrons. The summed E-state index contributed by atoms with van der Waals surface area (Å²) < 4.78 is 4.04. The SMILES string of the molecule is Cn1c(=S)sc2ccc(Cl)cc21. The Bertz CT molecular complexity index is 483. The first-order chi connectivity index (χ1) is 5.68. The first-order valence-corrected chi connectivity index (χ1v) is 5.04. The Morgan fingerprint density at radius 2 is 2.25 bits per heavy atom. The van der Waals surface area contributed by atoms with E-state index in [-0.39, 0.29) is 0 Å². The summed E-state index contributed by atoms with van der Waals surface area (Å²) in [4.78, 5) is 0. The van der Waals surface area contributed by atoms with Crippen LogP contribution in [0.3, 0.4) is 0 Å². The van der Waals surface area contributed by atoms with E-state index in [9.17, 15) is 0 Å². The molecule has 2 aromatic rings. The monoisotopic (exact) mass is 215 g/mol. The first kappa shape index (κ1) is 8.23. The number of hydrogen-bond acceptors (Lipinski definition) is 2. The van der Waals surface area contributed by atoms with Crippen LogP contribution in [0, 0.1) is 3.95 Å². The molecule has 1 heterocycles. The van der Waals surface area contributed by atoms with Crippen molar-refractivity contribution in [2.45, 2.75) is 0 Å². The van der Waals surface area contributed by atoms with Crippen molar-refractivity contribution in [1.82, 2.24) is 4.57 Å². The highest BCUT2D eigenvalue weighted by molar-refractivity contribution is 7.73. The molecule has 0 bridgehead atoms. The number of rotatable bonds is 0. The Morgan fingerprint density at radius 1 is 1.50 bits per heavy atom. The molecule has 0 atom stereocenters. The Morgan fingerprint density at radius 3 is 3.00 bits per heavy atom. The van der Waals surface area contributed by atoms with E-state index >= 15 is 0 Å². The van der Waals surface area contributed by atoms with Gasteiger partial charge in [-0.1, -0.05) is 11.6 Å². The smallest absolute Gasteiger partial charge is 0.161 e. The van der Waals surface area contributed by atoms with Crippen LogP contribution in [0.5, 0.6) is 0 Å². The van der Waals surface area contributed by atoms with E-state index in [0.717, 1.165) is 14.5 Å². The zero-order chi connectivity index (χ0) is 8.72. The minimum absolute atomic E-state index is 0.755. The van der Waals surface area contributed by atoms with Crippen LogP contribution >= 0.6 is 35.2 Å². The average molecular weight is 216 g/mol. The minimum Gasteiger partial charge on any atom is -0.326 e. The van der Waals surface area contributed by atoms with Crippen molar-refractivity contribution in [2.24, 2.45) is 7.05 Å². The van der Waals surface area contributed by atoms with E-state index in [1.807, 2.05) is 29.8 Å². The lowest BCUT2D eigenvalue weighted by molar-refractivity contribution is 0.964. The van der Waals surface area contributed by atoms with Crippen molar-refractivity contribution >= 4 is 45.4 Å². The molecule has 1 aromatic carbocycles. The van der Waals surface area contributed by atoms with Crippen molar-refractivity contribution < 1.29 is 0 Å². The molecule has 1 nitrogen and oxygen atoms in total. The van der Waals surface area contributed by atoms with Gasteiger partial charge in [-0.25, -0.2) is 0 Å². The third kappa shape index (κ3) is 1.18. The Balaban J connectivity index is 2.98. The van der Waals surface area contributed by atoms with Gasteiger partial charge in [-0.15, -0.1) is 11.3 Å². The number of thiazole rings is 1. The zero-order valence-electron chi connectivity index (χ0n) is 6.37. The number of hydrogen-bond donors (Lipinski definition) is 0. The van der Waals surface area contributed by atoms with Gasteiger partial charge in [-0.2, -0.15) is 0 Å². The standard InChI is InChI=1S/C8H6ClNS2/c1-10-6-4-5(9)2-3-7(6)12-8(10)11/h2-4H,1H3. The second-order valence-electron chi connectivity index (χ2n) is 2.54. The molecular formula is C8H6ClNS2. The van der Waals surface area contributed by atoms with Crippen LogP contribution in [0.15, 0.2) is 18.2 Å². The summed E-state index contributed by atoms with van der Waals surface area (Å²) in [7, 11) is 1.96. The topological polar surface area (TPSA) is 4.93 Å². The quantitative estimate of drug-likeness (QED) is 0.608. The molecule has 1 aromatic heterocycles. The second kappa shape index (κ2) is 2.83. The summed E-state index contributed by atoms with van der Waals surface area (Å²) in [5.41, 5.74) is 1.11. The number of halogens is 1. The van der Waals surface area contributed by atoms with Gasteiger partial charge in [0.05, 0.1) is 10.2 Å². The molecule has 2 rings (SSSR count). The van der Waals surface area contributed by atoms with E-state index in [1.54, 1.807) is 11.3 Å². The maximum absolute atomic E-state index is 5.86. The normalized spacial score (nSPS) is 10.8. The van der Waals surface area contributed by atoms with Gasteiger partial charge >= 0.3 is 0 Å². The van der Waals surface area contributed by atoms with Crippen molar-refractivity contribution in [3.05, 3.63) is 27.2 Å². The summed E-state index contributed by atoms with van der Waals surface area (Å²) in [6.45, 7) is 0. The lowest BCUT2D eigenvalue weighted by Crippen LogP contribution is -1.84. The van der Waals surface area contributed by atoms with Crippen molar-refractivity contribution in [1.29, 1.82) is 0 Å². The van der Waals surface area contributed by atoms with E-state index in [2.05, 4.69) is 0 Å². The fourth-order valence-electron chi connectivity index (χ4n) is 1.10. The van der Waals surface area contributed by atoms with Gasteiger partial charge in [0, 0.05) is 12.1 Å². The molecule has 0 aliphatic carbocycles. The number of fused-ring (bicyclic) bond motifs is 1. The van der Waals surface area contributed by atoms with Gasteiger partial charge < -0.3 is 4.57 Å². The van der Waals surface area contributed by atoms with E-state index in [4.69, 9.17) is 23.8 Å². The molecule has 4 heteroatoms. The summed E-state index contributed by atoms with van der Waals surface area (Å²) in [6, 6.07) is 5.82. The molecule has 0 aliphatic heterocycles. The number of aromatic nitrogens is 1. The fourth-order valence-corrected chi connectivity index (χ4v) is 2.49. The molecule has 0 aliphatic rings. The minimum atomic E-state index is 0.755. The molecule has 0 spiro atoms. The summed E-state index contributed by atoms with van der Waals surface area (Å²) in [6.07, 6.45) is 0. The van der Waals surface area contributed by atoms with Crippen molar-refractivity contribution in [3.63, 3.8) is 0 Å². The van der Waals surface area contributed by atoms with E-state index < -0.39 is 0 Å². The molecular weight excluding hydrogens is 210 g/mol. The maximum atomic E-state index is 5.86. The van der Waals surface area contributed by atoms with Gasteiger partial charge in [-0.05, 0) is 30.4 Å². The van der Waals surface area contributed by atoms with Crippen LogP contribution in [0.25, 0.3) is 10.2 Å². The second-order valence-corrected chi connectivity index (χ2v) is 4.65. The Labute approximate surface area is 84.2 Å². The van der Waals surface area contributed by atoms with Crippen LogP contribution in [0.4, 0.5) is 0 Å². The highest BCUT2D eigenvalue weighted by Crippen LogP contribution is 2.24. The molecule has 0 saturated heterocycles. The van der Waals surface area contributed by atoms with Crippen LogP contribution in [0.2, 0.25) is 5.02 Å². The lowest BCUT2D eigenvalue weighted by atomic mass is 10.3. The van der Waals surface area contributed by atoms with Crippen LogP contribution in [-0.2, 0) is 7.05 Å². The highest BCUT2D eigenvalue weighted by atomic mass is 35.5. The average Bonchev–Trinajstić information content (AvgIpc) is 2.31. The first-order valence-electron chi connectivity index (χ1n) is 3.43. The largest absolute Gasteiger partial charge is 0.326 e. The van der Waals surface area contributed by atoms with Gasteiger partial charge in [-0.3, -0.25) is 0 Å². The zero-order valence-corrected chi connectivity index (χ0v) is 8.76. The Hall–Kier alpha value is -0.380. The molecule has 0 fully saturated rings. The number of aryl methyl sites for hydroxylation is 1. The summed E-state index contributed by atoms with van der Waals surface area (Å²) >= 11 is 12.6. The fraction of sp³-hybridized carbons (Fsp3) is 0.125. The highest BCUT2D eigenvalue weighted by Gasteiger charge is 2.00. The van der Waals surface area contributed by atoms with E-state index in [0.29, 0.717) is 0 Å². The van der Waals surface area contributed by atoms with Crippen LogP contribution in [-0.4, -0.2) is 4.57 Å². The molecule has 0 saturated carbocycles. The maximum Gasteiger partial charge on any atom is 0.161 e. The van der Waals surface area contributed by atoms with Gasteiger partial charge in [0.15, 0.2) is 3.95 Å². The van der Waals surface area contributed by atoms with Crippen LogP contribution < -0.4 is 0 Å². The molecule has 0 amide bonds. The molecule has 12 heavy (non-hydrogen) atoms. The van der Waals surface area contributed by atoms with E-state index in [1.165, 1.54) is 4.70 Å². The third-order valence-electron chi connectivity index (χ3n) is 1.75. The number of benzene rings is 1. The molecule has 0 N–H and O–H groups in total. The van der Waals surface area contributed by atoms with Crippen molar-refractivity contribution in [3.8, 4) is 0 Å². The lowest BCUT2D eigenvalue weighted by Gasteiger charge is -1.94. The predicted molar refractivity (Wildman–Crippen MR) is 56.6 cm³/mol. The molecule has 62 valence electrons. The van der Waals surface area contributed by atoms with Gasteiger partial charge in [0.25, 0.3) is 0 Å². The Kier molecular flexibility index (Phi) is 1.94. The summed E-state index contributed by atoms with van der Waals surface area (Å²) in [5, 5.41) is 0.755. The van der Waals surface area contributed by atoms with Crippen LogP contribution in [0.1, 0.15) is 0 Å². The third-order valence-corrected chi connectivity index (χ3v) is 3.53. The number of nitrogens with zero attached hydrogens (tertiary/aromatic N) is 1. The summed E-state index contributed by atoms with van der Waals surface area (Å²) in [5.74, 6) is 0. The van der Waals surface area contributed by atoms with Crippen molar-refractivity contribution in [2.75, 3.05) is 0 Å². The predicted octanol–water partition coefficient (Wildman–Crippen LogP) is 3.62. The van der Waals surface area contributed by atoms with Gasteiger partial charge in [0.2, 0.25) is 0 Å². The molecule has 0 unspecified atom stereocenters.